The number of nitrogens with zero attached hydrogens (tertiary/aromatic N) is 1. The predicted molar refractivity (Wildman–Crippen MR) is 66.1 cm³/mol. The predicted octanol–water partition coefficient (Wildman–Crippen LogP) is 0.316. The smallest absolute Gasteiger partial charge is 0.237 e. The lowest BCUT2D eigenvalue weighted by molar-refractivity contribution is -0.134. The van der Waals surface area contributed by atoms with Crippen LogP contribution in [0.25, 0.3) is 0 Å². The number of likely N-dealkylation sites (N-methyl/N-ethyl adjacent to an activating group) is 1. The van der Waals surface area contributed by atoms with Crippen LogP contribution in [-0.2, 0) is 9.59 Å². The summed E-state index contributed by atoms with van der Waals surface area (Å²) in [6.45, 7) is 1.69. The van der Waals surface area contributed by atoms with Gasteiger partial charge in [-0.25, -0.2) is 0 Å². The van der Waals surface area contributed by atoms with E-state index in [1.54, 1.807) is 32.2 Å². The Morgan fingerprint density at radius 1 is 1.41 bits per heavy atom. The van der Waals surface area contributed by atoms with E-state index in [1.165, 1.54) is 4.90 Å². The molecule has 0 radical (unpaired) electrons. The number of rotatable bonds is 4. The zero-order chi connectivity index (χ0) is 13.0. The van der Waals surface area contributed by atoms with E-state index in [9.17, 15) is 9.59 Å². The van der Waals surface area contributed by atoms with Crippen molar-refractivity contribution < 1.29 is 9.59 Å². The van der Waals surface area contributed by atoms with E-state index in [4.69, 9.17) is 11.5 Å². The van der Waals surface area contributed by atoms with Gasteiger partial charge in [-0.15, -0.1) is 0 Å². The first-order valence-corrected chi connectivity index (χ1v) is 5.30. The Morgan fingerprint density at radius 3 is 2.59 bits per heavy atom. The highest BCUT2D eigenvalue weighted by Gasteiger charge is 2.20. The summed E-state index contributed by atoms with van der Waals surface area (Å²) in [5.41, 5.74) is 12.1. The molecule has 1 aromatic rings. The lowest BCUT2D eigenvalue weighted by Gasteiger charge is -2.20. The number of anilines is 1. The van der Waals surface area contributed by atoms with Gasteiger partial charge in [0.05, 0.1) is 12.5 Å². The van der Waals surface area contributed by atoms with Crippen molar-refractivity contribution >= 4 is 17.5 Å². The van der Waals surface area contributed by atoms with Gasteiger partial charge in [-0.05, 0) is 24.6 Å². The number of nitrogen functional groups attached to an aromatic ring is 1. The van der Waals surface area contributed by atoms with Gasteiger partial charge in [0.2, 0.25) is 11.8 Å². The van der Waals surface area contributed by atoms with Crippen molar-refractivity contribution in [2.75, 3.05) is 19.3 Å². The topological polar surface area (TPSA) is 89.4 Å². The van der Waals surface area contributed by atoms with Gasteiger partial charge in [0.1, 0.15) is 0 Å². The number of carbonyl (C=O) groups is 2. The van der Waals surface area contributed by atoms with Crippen LogP contribution in [0, 0.1) is 0 Å². The van der Waals surface area contributed by atoms with Crippen LogP contribution in [0.3, 0.4) is 0 Å². The maximum Gasteiger partial charge on any atom is 0.237 e. The highest BCUT2D eigenvalue weighted by atomic mass is 16.2. The summed E-state index contributed by atoms with van der Waals surface area (Å²) in [5.74, 6) is -1.03. The fourth-order valence-electron chi connectivity index (χ4n) is 1.61. The molecule has 1 atom stereocenters. The summed E-state index contributed by atoms with van der Waals surface area (Å²) in [5, 5.41) is 0. The second-order valence-electron chi connectivity index (χ2n) is 4.05. The number of hydrogen-bond donors (Lipinski definition) is 2. The molecule has 1 unspecified atom stereocenters. The standard InChI is InChI=1S/C12H17N3O2/c1-8(9-4-3-5-10(13)6-9)12(17)15(2)7-11(14)16/h3-6,8H,7,13H2,1-2H3,(H2,14,16). The Bertz CT molecular complexity index is 432. The molecule has 0 spiro atoms. The molecule has 4 N–H and O–H groups in total. The van der Waals surface area contributed by atoms with Gasteiger partial charge in [-0.2, -0.15) is 0 Å². The van der Waals surface area contributed by atoms with Crippen LogP contribution in [0.2, 0.25) is 0 Å². The first-order valence-electron chi connectivity index (χ1n) is 5.30. The SMILES string of the molecule is CC(C(=O)N(C)CC(N)=O)c1cccc(N)c1. The van der Waals surface area contributed by atoms with Crippen LogP contribution in [-0.4, -0.2) is 30.3 Å². The molecular formula is C12H17N3O2. The summed E-state index contributed by atoms with van der Waals surface area (Å²) < 4.78 is 0. The Morgan fingerprint density at radius 2 is 2.06 bits per heavy atom. The summed E-state index contributed by atoms with van der Waals surface area (Å²) >= 11 is 0. The van der Waals surface area contributed by atoms with Crippen molar-refractivity contribution in [3.05, 3.63) is 29.8 Å². The molecule has 0 saturated heterocycles. The second-order valence-corrected chi connectivity index (χ2v) is 4.05. The van der Waals surface area contributed by atoms with E-state index in [1.807, 2.05) is 6.07 Å². The van der Waals surface area contributed by atoms with Crippen molar-refractivity contribution in [1.29, 1.82) is 0 Å². The fraction of sp³-hybridized carbons (Fsp3) is 0.333. The molecular weight excluding hydrogens is 218 g/mol. The van der Waals surface area contributed by atoms with Crippen LogP contribution < -0.4 is 11.5 Å². The molecule has 0 bridgehead atoms. The van der Waals surface area contributed by atoms with Crippen molar-refractivity contribution in [3.8, 4) is 0 Å². The lowest BCUT2D eigenvalue weighted by atomic mass is 9.99. The minimum atomic E-state index is -0.527. The van der Waals surface area contributed by atoms with E-state index >= 15 is 0 Å². The number of carbonyl (C=O) groups excluding carboxylic acids is 2. The quantitative estimate of drug-likeness (QED) is 0.736. The number of benzene rings is 1. The van der Waals surface area contributed by atoms with Gasteiger partial charge in [0.25, 0.3) is 0 Å². The maximum absolute atomic E-state index is 12.0. The summed E-state index contributed by atoms with van der Waals surface area (Å²) in [4.78, 5) is 24.0. The molecule has 17 heavy (non-hydrogen) atoms. The molecule has 0 fully saturated rings. The van der Waals surface area contributed by atoms with E-state index in [2.05, 4.69) is 0 Å². The van der Waals surface area contributed by atoms with Crippen molar-refractivity contribution in [2.24, 2.45) is 5.73 Å². The monoisotopic (exact) mass is 235 g/mol. The minimum Gasteiger partial charge on any atom is -0.399 e. The van der Waals surface area contributed by atoms with Crippen LogP contribution in [0.15, 0.2) is 24.3 Å². The maximum atomic E-state index is 12.0. The summed E-state index contributed by atoms with van der Waals surface area (Å²) in [6.07, 6.45) is 0. The zero-order valence-corrected chi connectivity index (χ0v) is 10.0. The summed E-state index contributed by atoms with van der Waals surface area (Å²) in [7, 11) is 1.55. The lowest BCUT2D eigenvalue weighted by Crippen LogP contribution is -2.37. The molecule has 0 aliphatic rings. The molecule has 0 aliphatic carbocycles. The van der Waals surface area contributed by atoms with E-state index < -0.39 is 5.91 Å². The third-order valence-corrected chi connectivity index (χ3v) is 2.55. The van der Waals surface area contributed by atoms with Crippen molar-refractivity contribution in [1.82, 2.24) is 4.90 Å². The van der Waals surface area contributed by atoms with Crippen LogP contribution in [0.5, 0.6) is 0 Å². The first-order chi connectivity index (χ1) is 7.91. The molecule has 0 saturated carbocycles. The van der Waals surface area contributed by atoms with Gasteiger partial charge < -0.3 is 16.4 Å². The second kappa shape index (κ2) is 5.34. The molecule has 0 aromatic heterocycles. The molecule has 92 valence electrons. The first kappa shape index (κ1) is 13.0. The minimum absolute atomic E-state index is 0.0779. The van der Waals surface area contributed by atoms with Crippen LogP contribution in [0.1, 0.15) is 18.4 Å². The van der Waals surface area contributed by atoms with Gasteiger partial charge in [-0.3, -0.25) is 9.59 Å². The van der Waals surface area contributed by atoms with Gasteiger partial charge >= 0.3 is 0 Å². The third kappa shape index (κ3) is 3.48. The van der Waals surface area contributed by atoms with Gasteiger partial charge in [0, 0.05) is 12.7 Å². The molecule has 1 rings (SSSR count). The van der Waals surface area contributed by atoms with Gasteiger partial charge in [-0.1, -0.05) is 12.1 Å². The normalized spacial score (nSPS) is 11.9. The Labute approximate surface area is 100 Å². The van der Waals surface area contributed by atoms with Crippen molar-refractivity contribution in [2.45, 2.75) is 12.8 Å². The average molecular weight is 235 g/mol. The number of hydrogen-bond acceptors (Lipinski definition) is 3. The van der Waals surface area contributed by atoms with Crippen LogP contribution in [0.4, 0.5) is 5.69 Å². The van der Waals surface area contributed by atoms with Gasteiger partial charge in [0.15, 0.2) is 0 Å². The molecule has 0 heterocycles. The summed E-state index contributed by atoms with van der Waals surface area (Å²) in [6, 6.07) is 7.13. The third-order valence-electron chi connectivity index (χ3n) is 2.55. The van der Waals surface area contributed by atoms with E-state index in [0.717, 1.165) is 5.56 Å². The zero-order valence-electron chi connectivity index (χ0n) is 10.0. The Kier molecular flexibility index (Phi) is 4.09. The molecule has 1 aromatic carbocycles. The average Bonchev–Trinajstić information content (AvgIpc) is 2.26. The van der Waals surface area contributed by atoms with E-state index in [-0.39, 0.29) is 18.4 Å². The number of nitrogens with two attached hydrogens (primary N) is 2. The highest BCUT2D eigenvalue weighted by molar-refractivity contribution is 5.87. The molecule has 2 amide bonds. The van der Waals surface area contributed by atoms with Crippen molar-refractivity contribution in [3.63, 3.8) is 0 Å². The molecule has 0 aliphatic heterocycles. The highest BCUT2D eigenvalue weighted by Crippen LogP contribution is 2.19. The van der Waals surface area contributed by atoms with Crippen LogP contribution >= 0.6 is 0 Å². The number of primary amides is 1. The molecule has 5 nitrogen and oxygen atoms in total. The molecule has 5 heteroatoms. The van der Waals surface area contributed by atoms with E-state index in [0.29, 0.717) is 5.69 Å². The fourth-order valence-corrected chi connectivity index (χ4v) is 1.61. The largest absolute Gasteiger partial charge is 0.399 e. The Balaban J connectivity index is 2.79. The Hall–Kier alpha value is -2.04. The number of amides is 2.